The number of halogens is 2. The fourth-order valence-electron chi connectivity index (χ4n) is 3.16. The number of nitrogens with zero attached hydrogens (tertiary/aromatic N) is 3. The number of hydrogen-bond donors (Lipinski definition) is 2. The molecule has 0 amide bonds. The molecular formula is C17H17F2N5. The van der Waals surface area contributed by atoms with Crippen molar-refractivity contribution in [2.24, 2.45) is 0 Å². The minimum Gasteiger partial charge on any atom is -0.341 e. The lowest BCUT2D eigenvalue weighted by Gasteiger charge is -2.35. The van der Waals surface area contributed by atoms with Gasteiger partial charge in [-0.3, -0.25) is 9.88 Å². The Bertz CT molecular complexity index is 849. The molecule has 3 aromatic rings. The zero-order chi connectivity index (χ0) is 16.5. The molecule has 1 fully saturated rings. The van der Waals surface area contributed by atoms with Crippen molar-refractivity contribution in [3.8, 4) is 0 Å². The van der Waals surface area contributed by atoms with Crippen molar-refractivity contribution in [3.05, 3.63) is 59.7 Å². The van der Waals surface area contributed by atoms with Gasteiger partial charge in [0, 0.05) is 31.9 Å². The topological polar surface area (TPSA) is 56.8 Å². The van der Waals surface area contributed by atoms with E-state index in [4.69, 9.17) is 0 Å². The quantitative estimate of drug-likeness (QED) is 0.775. The van der Waals surface area contributed by atoms with E-state index in [-0.39, 0.29) is 11.6 Å². The fourth-order valence-corrected chi connectivity index (χ4v) is 3.16. The van der Waals surface area contributed by atoms with Gasteiger partial charge in [0.2, 0.25) is 0 Å². The third kappa shape index (κ3) is 2.88. The summed E-state index contributed by atoms with van der Waals surface area (Å²) in [6.45, 7) is 3.01. The summed E-state index contributed by atoms with van der Waals surface area (Å²) < 4.78 is 27.2. The van der Waals surface area contributed by atoms with Gasteiger partial charge < -0.3 is 10.3 Å². The van der Waals surface area contributed by atoms with E-state index in [0.717, 1.165) is 31.4 Å². The number of rotatable bonds is 3. The van der Waals surface area contributed by atoms with Crippen molar-refractivity contribution in [3.63, 3.8) is 0 Å². The lowest BCUT2D eigenvalue weighted by atomic mass is 10.1. The summed E-state index contributed by atoms with van der Waals surface area (Å²) in [5, 5.41) is 3.37. The van der Waals surface area contributed by atoms with Crippen molar-refractivity contribution in [1.29, 1.82) is 0 Å². The summed E-state index contributed by atoms with van der Waals surface area (Å²) in [5.74, 6) is -0.629. The van der Waals surface area contributed by atoms with Gasteiger partial charge in [0.1, 0.15) is 17.2 Å². The third-order valence-electron chi connectivity index (χ3n) is 4.29. The van der Waals surface area contributed by atoms with Crippen LogP contribution in [0.25, 0.3) is 11.0 Å². The zero-order valence-electron chi connectivity index (χ0n) is 13.0. The number of fused-ring (bicyclic) bond motifs is 1. The van der Waals surface area contributed by atoms with Gasteiger partial charge in [0.25, 0.3) is 0 Å². The second kappa shape index (κ2) is 6.26. The molecule has 4 rings (SSSR count). The summed E-state index contributed by atoms with van der Waals surface area (Å²) in [5.41, 5.74) is 1.54. The maximum absolute atomic E-state index is 13.8. The van der Waals surface area contributed by atoms with Crippen molar-refractivity contribution in [2.75, 3.05) is 19.6 Å². The Kier molecular flexibility index (Phi) is 3.95. The van der Waals surface area contributed by atoms with Crippen LogP contribution in [-0.4, -0.2) is 39.5 Å². The van der Waals surface area contributed by atoms with E-state index < -0.39 is 11.6 Å². The molecule has 24 heavy (non-hydrogen) atoms. The van der Waals surface area contributed by atoms with Gasteiger partial charge in [-0.15, -0.1) is 0 Å². The van der Waals surface area contributed by atoms with Gasteiger partial charge in [-0.1, -0.05) is 6.07 Å². The molecule has 1 atom stereocenters. The molecule has 124 valence electrons. The van der Waals surface area contributed by atoms with E-state index in [0.29, 0.717) is 17.9 Å². The maximum Gasteiger partial charge on any atom is 0.153 e. The Morgan fingerprint density at radius 1 is 1.25 bits per heavy atom. The lowest BCUT2D eigenvalue weighted by molar-refractivity contribution is 0.147. The number of imidazole rings is 1. The highest BCUT2D eigenvalue weighted by Gasteiger charge is 2.25. The van der Waals surface area contributed by atoms with Crippen LogP contribution < -0.4 is 5.32 Å². The molecule has 2 N–H and O–H groups in total. The Hall–Kier alpha value is -2.38. The first kappa shape index (κ1) is 15.2. The second-order valence-electron chi connectivity index (χ2n) is 5.91. The van der Waals surface area contributed by atoms with Crippen LogP contribution in [0.4, 0.5) is 8.78 Å². The molecule has 0 bridgehead atoms. The van der Waals surface area contributed by atoms with Crippen LogP contribution in [0.1, 0.15) is 17.6 Å². The summed E-state index contributed by atoms with van der Waals surface area (Å²) in [6.07, 6.45) is 1.78. The highest BCUT2D eigenvalue weighted by molar-refractivity contribution is 5.75. The van der Waals surface area contributed by atoms with Crippen LogP contribution in [0.2, 0.25) is 0 Å². The average Bonchev–Trinajstić information content (AvgIpc) is 2.99. The molecule has 1 aliphatic rings. The molecule has 3 heterocycles. The van der Waals surface area contributed by atoms with Gasteiger partial charge in [-0.2, -0.15) is 0 Å². The summed E-state index contributed by atoms with van der Waals surface area (Å²) in [4.78, 5) is 14.0. The first-order chi connectivity index (χ1) is 11.7. The zero-order valence-corrected chi connectivity index (χ0v) is 13.0. The molecule has 1 unspecified atom stereocenters. The average molecular weight is 329 g/mol. The summed E-state index contributed by atoms with van der Waals surface area (Å²) in [7, 11) is 0. The number of H-pyrrole nitrogens is 1. The van der Waals surface area contributed by atoms with Crippen molar-refractivity contribution >= 4 is 11.0 Å². The first-order valence-electron chi connectivity index (χ1n) is 7.90. The molecule has 0 radical (unpaired) electrons. The van der Waals surface area contributed by atoms with E-state index >= 15 is 0 Å². The number of nitrogens with one attached hydrogen (secondary N) is 2. The third-order valence-corrected chi connectivity index (χ3v) is 4.29. The highest BCUT2D eigenvalue weighted by atomic mass is 19.1. The van der Waals surface area contributed by atoms with E-state index in [1.54, 1.807) is 6.20 Å². The standard InChI is InChI=1S/C17H17F2N5/c18-11-7-12(19)17-14(8-11)22-16(23-17)10-24-6-5-20-9-15(24)13-3-1-2-4-21-13/h1-4,7-8,15,20H,5-6,9-10H2,(H,22,23). The van der Waals surface area contributed by atoms with Gasteiger partial charge in [-0.05, 0) is 18.2 Å². The second-order valence-corrected chi connectivity index (χ2v) is 5.91. The Labute approximate surface area is 137 Å². The fraction of sp³-hybridized carbons (Fsp3) is 0.294. The van der Waals surface area contributed by atoms with Gasteiger partial charge in [0.05, 0.1) is 23.8 Å². The smallest absolute Gasteiger partial charge is 0.153 e. The molecule has 1 aromatic carbocycles. The van der Waals surface area contributed by atoms with E-state index in [2.05, 4.69) is 25.2 Å². The van der Waals surface area contributed by atoms with Crippen molar-refractivity contribution < 1.29 is 8.78 Å². The molecule has 0 spiro atoms. The normalized spacial score (nSPS) is 19.0. The number of piperazine rings is 1. The minimum absolute atomic E-state index is 0.120. The number of pyridine rings is 1. The van der Waals surface area contributed by atoms with Gasteiger partial charge >= 0.3 is 0 Å². The van der Waals surface area contributed by atoms with Crippen LogP contribution in [-0.2, 0) is 6.54 Å². The Morgan fingerprint density at radius 2 is 2.17 bits per heavy atom. The van der Waals surface area contributed by atoms with Crippen molar-refractivity contribution in [2.45, 2.75) is 12.6 Å². The number of aromatic amines is 1. The maximum atomic E-state index is 13.8. The van der Waals surface area contributed by atoms with Crippen LogP contribution >= 0.6 is 0 Å². The molecule has 7 heteroatoms. The Morgan fingerprint density at radius 3 is 3.00 bits per heavy atom. The minimum atomic E-state index is -0.644. The first-order valence-corrected chi connectivity index (χ1v) is 7.90. The predicted octanol–water partition coefficient (Wildman–Crippen LogP) is 2.38. The number of aromatic nitrogens is 3. The number of benzene rings is 1. The summed E-state index contributed by atoms with van der Waals surface area (Å²) >= 11 is 0. The van der Waals surface area contributed by atoms with E-state index in [1.165, 1.54) is 6.07 Å². The summed E-state index contributed by atoms with van der Waals surface area (Å²) in [6, 6.07) is 8.10. The monoisotopic (exact) mass is 329 g/mol. The molecule has 2 aromatic heterocycles. The highest BCUT2D eigenvalue weighted by Crippen LogP contribution is 2.23. The van der Waals surface area contributed by atoms with Gasteiger partial charge in [0.15, 0.2) is 5.82 Å². The van der Waals surface area contributed by atoms with Crippen LogP contribution in [0.15, 0.2) is 36.5 Å². The van der Waals surface area contributed by atoms with Crippen molar-refractivity contribution in [1.82, 2.24) is 25.2 Å². The SMILES string of the molecule is Fc1cc(F)c2nc(CN3CCNCC3c3ccccn3)[nH]c2c1. The molecule has 0 saturated carbocycles. The largest absolute Gasteiger partial charge is 0.341 e. The molecule has 1 saturated heterocycles. The van der Waals surface area contributed by atoms with E-state index in [9.17, 15) is 8.78 Å². The van der Waals surface area contributed by atoms with Crippen LogP contribution in [0.3, 0.4) is 0 Å². The van der Waals surface area contributed by atoms with Gasteiger partial charge in [-0.25, -0.2) is 13.8 Å². The predicted molar refractivity (Wildman–Crippen MR) is 86.3 cm³/mol. The molecule has 1 aliphatic heterocycles. The van der Waals surface area contributed by atoms with Crippen LogP contribution in [0.5, 0.6) is 0 Å². The number of hydrogen-bond acceptors (Lipinski definition) is 4. The van der Waals surface area contributed by atoms with Crippen LogP contribution in [0, 0.1) is 11.6 Å². The van der Waals surface area contributed by atoms with E-state index in [1.807, 2.05) is 18.2 Å². The molecular weight excluding hydrogens is 312 g/mol. The molecule has 5 nitrogen and oxygen atoms in total. The molecule has 0 aliphatic carbocycles. The lowest BCUT2D eigenvalue weighted by Crippen LogP contribution is -2.45. The Balaban J connectivity index is 1.62.